The number of hydrogen-bond donors (Lipinski definition) is 3. The summed E-state index contributed by atoms with van der Waals surface area (Å²) in [5, 5.41) is 6.78. The first-order valence-electron chi connectivity index (χ1n) is 9.29. The van der Waals surface area contributed by atoms with E-state index in [0.717, 1.165) is 29.2 Å². The number of carbonyl (C=O) groups excluding carboxylic acids is 1. The predicted octanol–water partition coefficient (Wildman–Crippen LogP) is 3.17. The zero-order valence-corrected chi connectivity index (χ0v) is 15.9. The van der Waals surface area contributed by atoms with E-state index in [2.05, 4.69) is 16.2 Å². The van der Waals surface area contributed by atoms with Crippen molar-refractivity contribution in [2.24, 2.45) is 28.5 Å². The van der Waals surface area contributed by atoms with E-state index in [1.54, 1.807) is 0 Å². The fourth-order valence-corrected chi connectivity index (χ4v) is 3.37. The molecule has 25 heavy (non-hydrogen) atoms. The van der Waals surface area contributed by atoms with E-state index in [-0.39, 0.29) is 11.8 Å². The minimum atomic E-state index is 0.0913. The first kappa shape index (κ1) is 21.2. The van der Waals surface area contributed by atoms with Crippen molar-refractivity contribution in [3.8, 4) is 0 Å². The van der Waals surface area contributed by atoms with E-state index in [1.807, 2.05) is 38.1 Å². The van der Waals surface area contributed by atoms with Crippen LogP contribution >= 0.6 is 0 Å². The lowest BCUT2D eigenvalue weighted by Gasteiger charge is -2.24. The van der Waals surface area contributed by atoms with Crippen LogP contribution in [0.15, 0.2) is 29.4 Å². The molecule has 0 heterocycles. The summed E-state index contributed by atoms with van der Waals surface area (Å²) in [5.74, 6) is 6.30. The molecule has 1 fully saturated rings. The van der Waals surface area contributed by atoms with Gasteiger partial charge in [0, 0.05) is 12.5 Å². The maximum atomic E-state index is 12.3. The fraction of sp³-hybridized carbons (Fsp3) is 0.600. The third-order valence-corrected chi connectivity index (χ3v) is 4.86. The van der Waals surface area contributed by atoms with Gasteiger partial charge in [0.1, 0.15) is 0 Å². The van der Waals surface area contributed by atoms with Crippen molar-refractivity contribution >= 4 is 11.6 Å². The minimum absolute atomic E-state index is 0.0913. The number of carbonyl (C=O) groups is 1. The zero-order valence-electron chi connectivity index (χ0n) is 15.9. The molecule has 1 amide bonds. The Labute approximate surface area is 152 Å². The largest absolute Gasteiger partial charge is 0.352 e. The molecule has 5 N–H and O–H groups in total. The number of benzene rings is 1. The summed E-state index contributed by atoms with van der Waals surface area (Å²) >= 11 is 0. The molecule has 0 radical (unpaired) electrons. The van der Waals surface area contributed by atoms with Crippen LogP contribution < -0.4 is 16.9 Å². The SMILES string of the molecule is C/C(=N\N)c1cccc(CNC(=O)[C@H](C)CC2CCCCC2)c1.CN. The highest BCUT2D eigenvalue weighted by Gasteiger charge is 2.20. The van der Waals surface area contributed by atoms with Crippen LogP contribution in [0.5, 0.6) is 0 Å². The van der Waals surface area contributed by atoms with E-state index in [1.165, 1.54) is 39.2 Å². The third kappa shape index (κ3) is 7.26. The standard InChI is InChI=1S/C19H29N3O.CH5N/c1-14(11-16-7-4-3-5-8-16)19(23)21-13-17-9-6-10-18(12-17)15(2)22-20;1-2/h6,9-10,12,14,16H,3-5,7-8,11,13,20H2,1-2H3,(H,21,23);2H2,1H3/b22-15+;/t14-;/m1./s1. The second-order valence-corrected chi connectivity index (χ2v) is 6.77. The molecule has 1 atom stereocenters. The average molecular weight is 347 g/mol. The monoisotopic (exact) mass is 346 g/mol. The fourth-order valence-electron chi connectivity index (χ4n) is 3.37. The van der Waals surface area contributed by atoms with Gasteiger partial charge < -0.3 is 16.9 Å². The highest BCUT2D eigenvalue weighted by atomic mass is 16.1. The Kier molecular flexibility index (Phi) is 9.85. The third-order valence-electron chi connectivity index (χ3n) is 4.86. The smallest absolute Gasteiger partial charge is 0.223 e. The molecule has 1 aromatic carbocycles. The molecule has 0 spiro atoms. The average Bonchev–Trinajstić information content (AvgIpc) is 2.68. The van der Waals surface area contributed by atoms with Crippen LogP contribution in [-0.4, -0.2) is 18.7 Å². The van der Waals surface area contributed by atoms with E-state index < -0.39 is 0 Å². The quantitative estimate of drug-likeness (QED) is 0.419. The van der Waals surface area contributed by atoms with E-state index >= 15 is 0 Å². The molecule has 0 aromatic heterocycles. The minimum Gasteiger partial charge on any atom is -0.352 e. The second-order valence-electron chi connectivity index (χ2n) is 6.77. The molecule has 0 unspecified atom stereocenters. The normalized spacial score (nSPS) is 16.6. The molecule has 0 bridgehead atoms. The second kappa shape index (κ2) is 11.6. The van der Waals surface area contributed by atoms with Crippen molar-refractivity contribution in [3.05, 3.63) is 35.4 Å². The Balaban J connectivity index is 0.00000151. The molecule has 0 saturated heterocycles. The van der Waals surface area contributed by atoms with Gasteiger partial charge in [-0.15, -0.1) is 0 Å². The van der Waals surface area contributed by atoms with Gasteiger partial charge in [0.05, 0.1) is 5.71 Å². The lowest BCUT2D eigenvalue weighted by atomic mass is 9.83. The number of nitrogens with two attached hydrogens (primary N) is 2. The zero-order chi connectivity index (χ0) is 18.7. The van der Waals surface area contributed by atoms with Crippen LogP contribution in [-0.2, 0) is 11.3 Å². The number of nitrogens with zero attached hydrogens (tertiary/aromatic N) is 1. The maximum absolute atomic E-state index is 12.3. The summed E-state index contributed by atoms with van der Waals surface area (Å²) in [6.07, 6.45) is 7.61. The number of amides is 1. The van der Waals surface area contributed by atoms with Crippen molar-refractivity contribution in [2.75, 3.05) is 7.05 Å². The van der Waals surface area contributed by atoms with E-state index in [9.17, 15) is 4.79 Å². The molecule has 1 aliphatic rings. The molecule has 140 valence electrons. The van der Waals surface area contributed by atoms with Crippen LogP contribution in [0, 0.1) is 11.8 Å². The lowest BCUT2D eigenvalue weighted by Crippen LogP contribution is -2.30. The first-order valence-corrected chi connectivity index (χ1v) is 9.29. The van der Waals surface area contributed by atoms with Gasteiger partial charge >= 0.3 is 0 Å². The summed E-state index contributed by atoms with van der Waals surface area (Å²) in [4.78, 5) is 12.3. The number of rotatable bonds is 6. The summed E-state index contributed by atoms with van der Waals surface area (Å²) in [7, 11) is 1.50. The van der Waals surface area contributed by atoms with Crippen LogP contribution in [0.2, 0.25) is 0 Å². The van der Waals surface area contributed by atoms with Crippen LogP contribution in [0.1, 0.15) is 63.5 Å². The molecule has 2 rings (SSSR count). The van der Waals surface area contributed by atoms with Gasteiger partial charge in [-0.2, -0.15) is 5.10 Å². The van der Waals surface area contributed by atoms with Gasteiger partial charge in [-0.25, -0.2) is 0 Å². The van der Waals surface area contributed by atoms with Crippen LogP contribution in [0.4, 0.5) is 0 Å². The molecule has 1 saturated carbocycles. The molecular weight excluding hydrogens is 312 g/mol. The predicted molar refractivity (Wildman–Crippen MR) is 105 cm³/mol. The Hall–Kier alpha value is -1.88. The Bertz CT molecular complexity index is 550. The van der Waals surface area contributed by atoms with Crippen LogP contribution in [0.3, 0.4) is 0 Å². The Morgan fingerprint density at radius 3 is 2.60 bits per heavy atom. The number of nitrogens with one attached hydrogen (secondary N) is 1. The first-order chi connectivity index (χ1) is 12.1. The molecular formula is C20H34N4O. The van der Waals surface area contributed by atoms with Gasteiger partial charge in [0.25, 0.3) is 0 Å². The van der Waals surface area contributed by atoms with Gasteiger partial charge in [0.2, 0.25) is 5.91 Å². The van der Waals surface area contributed by atoms with Gasteiger partial charge in [-0.05, 0) is 43.5 Å². The van der Waals surface area contributed by atoms with Crippen molar-refractivity contribution in [1.82, 2.24) is 5.32 Å². The maximum Gasteiger partial charge on any atom is 0.223 e. The topological polar surface area (TPSA) is 93.5 Å². The molecule has 0 aliphatic heterocycles. The highest BCUT2D eigenvalue weighted by Crippen LogP contribution is 2.29. The molecule has 1 aromatic rings. The molecule has 5 nitrogen and oxygen atoms in total. The Morgan fingerprint density at radius 1 is 1.28 bits per heavy atom. The van der Waals surface area contributed by atoms with Crippen molar-refractivity contribution in [1.29, 1.82) is 0 Å². The van der Waals surface area contributed by atoms with E-state index in [4.69, 9.17) is 5.84 Å². The van der Waals surface area contributed by atoms with Crippen molar-refractivity contribution in [3.63, 3.8) is 0 Å². The van der Waals surface area contributed by atoms with E-state index in [0.29, 0.717) is 6.54 Å². The van der Waals surface area contributed by atoms with Gasteiger partial charge in [-0.1, -0.05) is 57.2 Å². The molecule has 1 aliphatic carbocycles. The number of hydrazone groups is 1. The lowest BCUT2D eigenvalue weighted by molar-refractivity contribution is -0.125. The summed E-state index contributed by atoms with van der Waals surface area (Å²) < 4.78 is 0. The van der Waals surface area contributed by atoms with Gasteiger partial charge in [-0.3, -0.25) is 4.79 Å². The van der Waals surface area contributed by atoms with Crippen LogP contribution in [0.25, 0.3) is 0 Å². The van der Waals surface area contributed by atoms with Gasteiger partial charge in [0.15, 0.2) is 0 Å². The summed E-state index contributed by atoms with van der Waals surface area (Å²) in [6, 6.07) is 7.98. The highest BCUT2D eigenvalue weighted by molar-refractivity contribution is 5.98. The van der Waals surface area contributed by atoms with Crippen molar-refractivity contribution in [2.45, 2.75) is 58.9 Å². The summed E-state index contributed by atoms with van der Waals surface area (Å²) in [6.45, 7) is 4.48. The number of hydrogen-bond acceptors (Lipinski definition) is 4. The molecule has 5 heteroatoms. The Morgan fingerprint density at radius 2 is 1.96 bits per heavy atom. The summed E-state index contributed by atoms with van der Waals surface area (Å²) in [5.41, 5.74) is 7.36. The van der Waals surface area contributed by atoms with Crippen molar-refractivity contribution < 1.29 is 4.79 Å².